The molecule has 0 aliphatic heterocycles. The molecule has 50 heavy (non-hydrogen) atoms. The van der Waals surface area contributed by atoms with Crippen LogP contribution in [0.2, 0.25) is 0 Å². The van der Waals surface area contributed by atoms with Crippen LogP contribution in [0.5, 0.6) is 0 Å². The molecule has 3 aromatic heterocycles. The highest BCUT2D eigenvalue weighted by Crippen LogP contribution is 2.32. The molecular formula is C38H29F3N6O3. The molecule has 6 rings (SSSR count). The number of nitrogens with zero attached hydrogens (tertiary/aromatic N) is 3. The van der Waals surface area contributed by atoms with Gasteiger partial charge in [0.2, 0.25) is 5.91 Å². The fourth-order valence-electron chi connectivity index (χ4n) is 5.31. The number of carbonyl (C=O) groups excluding carboxylic acids is 3. The van der Waals surface area contributed by atoms with E-state index < -0.39 is 35.5 Å². The summed E-state index contributed by atoms with van der Waals surface area (Å²) in [5.41, 5.74) is 2.55. The lowest BCUT2D eigenvalue weighted by Gasteiger charge is -2.18. The van der Waals surface area contributed by atoms with E-state index in [4.69, 9.17) is 0 Å². The first-order valence-corrected chi connectivity index (χ1v) is 15.5. The van der Waals surface area contributed by atoms with E-state index in [-0.39, 0.29) is 16.9 Å². The van der Waals surface area contributed by atoms with Crippen LogP contribution in [0, 0.1) is 0 Å². The average Bonchev–Trinajstić information content (AvgIpc) is 3.14. The number of aromatic nitrogens is 3. The first kappa shape index (κ1) is 33.5. The lowest BCUT2D eigenvalue weighted by Crippen LogP contribution is -2.41. The Kier molecular flexibility index (Phi) is 9.89. The maximum atomic E-state index is 13.4. The van der Waals surface area contributed by atoms with Gasteiger partial charge in [0.1, 0.15) is 5.82 Å². The van der Waals surface area contributed by atoms with Gasteiger partial charge < -0.3 is 16.0 Å². The van der Waals surface area contributed by atoms with E-state index in [1.165, 1.54) is 12.1 Å². The average molecular weight is 675 g/mol. The van der Waals surface area contributed by atoms with Crippen LogP contribution in [-0.4, -0.2) is 39.2 Å². The molecule has 3 N–H and O–H groups in total. The van der Waals surface area contributed by atoms with Gasteiger partial charge in [0, 0.05) is 41.6 Å². The van der Waals surface area contributed by atoms with Crippen LogP contribution in [0.1, 0.15) is 43.6 Å². The minimum absolute atomic E-state index is 0.237. The SMILES string of the molecule is O=C(N[C@H](C(=O)NCCc1ccncc1)c1ccccn1)c1ccc2nc(NC(=O)c3ccccc3-c3ccc(C(F)(F)F)cc3)ccc2c1. The molecule has 0 aliphatic carbocycles. The summed E-state index contributed by atoms with van der Waals surface area (Å²) in [6.07, 6.45) is 1.02. The second kappa shape index (κ2) is 14.8. The van der Waals surface area contributed by atoms with Crippen LogP contribution in [0.15, 0.2) is 128 Å². The van der Waals surface area contributed by atoms with Gasteiger partial charge in [0.25, 0.3) is 11.8 Å². The number of anilines is 1. The van der Waals surface area contributed by atoms with Gasteiger partial charge in [-0.1, -0.05) is 36.4 Å². The van der Waals surface area contributed by atoms with Crippen molar-refractivity contribution >= 4 is 34.4 Å². The zero-order valence-corrected chi connectivity index (χ0v) is 26.3. The Labute approximate surface area is 284 Å². The van der Waals surface area contributed by atoms with E-state index in [9.17, 15) is 27.6 Å². The van der Waals surface area contributed by atoms with Crippen molar-refractivity contribution in [2.24, 2.45) is 0 Å². The zero-order valence-electron chi connectivity index (χ0n) is 26.3. The Morgan fingerprint density at radius 3 is 2.26 bits per heavy atom. The molecule has 6 aromatic rings. The zero-order chi connectivity index (χ0) is 35.1. The summed E-state index contributed by atoms with van der Waals surface area (Å²) in [6.45, 7) is 0.350. The molecule has 3 heterocycles. The van der Waals surface area contributed by atoms with Gasteiger partial charge in [-0.2, -0.15) is 13.2 Å². The highest BCUT2D eigenvalue weighted by atomic mass is 19.4. The Bertz CT molecular complexity index is 2140. The van der Waals surface area contributed by atoms with Crippen LogP contribution < -0.4 is 16.0 Å². The first-order chi connectivity index (χ1) is 24.2. The van der Waals surface area contributed by atoms with Gasteiger partial charge in [-0.25, -0.2) is 4.98 Å². The number of nitrogens with one attached hydrogen (secondary N) is 3. The molecule has 3 amide bonds. The molecule has 0 fully saturated rings. The third-order valence-corrected chi connectivity index (χ3v) is 7.87. The second-order valence-corrected chi connectivity index (χ2v) is 11.2. The van der Waals surface area contributed by atoms with E-state index in [0.29, 0.717) is 40.7 Å². The number of rotatable bonds is 10. The molecule has 0 aliphatic rings. The molecule has 0 radical (unpaired) electrons. The van der Waals surface area contributed by atoms with E-state index in [0.717, 1.165) is 17.7 Å². The highest BCUT2D eigenvalue weighted by Gasteiger charge is 2.30. The Balaban J connectivity index is 1.15. The first-order valence-electron chi connectivity index (χ1n) is 15.5. The highest BCUT2D eigenvalue weighted by molar-refractivity contribution is 6.09. The number of alkyl halides is 3. The summed E-state index contributed by atoms with van der Waals surface area (Å²) in [4.78, 5) is 52.7. The van der Waals surface area contributed by atoms with E-state index in [1.54, 1.807) is 91.4 Å². The standard InChI is InChI=1S/C38H29F3N6O3/c39-38(40,41)28-12-8-25(9-13-28)29-5-1-2-6-30(29)36(49)46-33-15-11-26-23-27(10-14-31(26)45-33)35(48)47-34(32-7-3-4-19-43-32)37(50)44-22-18-24-16-20-42-21-17-24/h1-17,19-21,23,34H,18,22H2,(H,44,50)(H,47,48)(H,45,46,49)/t34-/m0/s1. The van der Waals surface area contributed by atoms with Crippen LogP contribution in [0.3, 0.4) is 0 Å². The molecule has 0 bridgehead atoms. The normalized spacial score (nSPS) is 11.8. The van der Waals surface area contributed by atoms with Crippen LogP contribution >= 0.6 is 0 Å². The lowest BCUT2D eigenvalue weighted by atomic mass is 9.98. The van der Waals surface area contributed by atoms with Crippen molar-refractivity contribution in [3.05, 3.63) is 156 Å². The number of hydrogen-bond acceptors (Lipinski definition) is 6. The van der Waals surface area contributed by atoms with Crippen molar-refractivity contribution in [3.8, 4) is 11.1 Å². The van der Waals surface area contributed by atoms with Crippen molar-refractivity contribution in [2.45, 2.75) is 18.6 Å². The van der Waals surface area contributed by atoms with Crippen molar-refractivity contribution in [1.82, 2.24) is 25.6 Å². The fraction of sp³-hybridized carbons (Fsp3) is 0.105. The van der Waals surface area contributed by atoms with Gasteiger partial charge >= 0.3 is 6.18 Å². The largest absolute Gasteiger partial charge is 0.416 e. The molecule has 0 spiro atoms. The molecule has 0 saturated heterocycles. The monoisotopic (exact) mass is 674 g/mol. The van der Waals surface area contributed by atoms with Crippen molar-refractivity contribution in [3.63, 3.8) is 0 Å². The summed E-state index contributed by atoms with van der Waals surface area (Å²) in [5, 5.41) is 9.02. The molecule has 0 unspecified atom stereocenters. The van der Waals surface area contributed by atoms with Gasteiger partial charge in [0.05, 0.1) is 16.8 Å². The van der Waals surface area contributed by atoms with Gasteiger partial charge in [-0.3, -0.25) is 24.4 Å². The number of halogens is 3. The minimum atomic E-state index is -4.47. The van der Waals surface area contributed by atoms with Crippen molar-refractivity contribution < 1.29 is 27.6 Å². The van der Waals surface area contributed by atoms with Gasteiger partial charge in [-0.15, -0.1) is 0 Å². The van der Waals surface area contributed by atoms with E-state index in [1.807, 2.05) is 12.1 Å². The fourth-order valence-corrected chi connectivity index (χ4v) is 5.31. The molecule has 9 nitrogen and oxygen atoms in total. The number of fused-ring (bicyclic) bond motifs is 1. The minimum Gasteiger partial charge on any atom is -0.354 e. The third-order valence-electron chi connectivity index (χ3n) is 7.87. The predicted octanol–water partition coefficient (Wildman–Crippen LogP) is 6.79. The predicted molar refractivity (Wildman–Crippen MR) is 182 cm³/mol. The maximum absolute atomic E-state index is 13.4. The molecular weight excluding hydrogens is 645 g/mol. The van der Waals surface area contributed by atoms with Gasteiger partial charge in [0.15, 0.2) is 6.04 Å². The molecule has 1 atom stereocenters. The molecule has 250 valence electrons. The quantitative estimate of drug-likeness (QED) is 0.147. The molecule has 0 saturated carbocycles. The third kappa shape index (κ3) is 7.98. The van der Waals surface area contributed by atoms with Crippen LogP contribution in [0.25, 0.3) is 22.0 Å². The van der Waals surface area contributed by atoms with Crippen LogP contribution in [0.4, 0.5) is 19.0 Å². The number of amides is 3. The summed E-state index contributed by atoms with van der Waals surface area (Å²) in [5.74, 6) is -1.17. The van der Waals surface area contributed by atoms with Crippen molar-refractivity contribution in [2.75, 3.05) is 11.9 Å². The number of benzene rings is 3. The number of hydrogen-bond donors (Lipinski definition) is 3. The summed E-state index contributed by atoms with van der Waals surface area (Å²) >= 11 is 0. The Hall–Kier alpha value is -6.43. The smallest absolute Gasteiger partial charge is 0.354 e. The second-order valence-electron chi connectivity index (χ2n) is 11.2. The van der Waals surface area contributed by atoms with Crippen molar-refractivity contribution in [1.29, 1.82) is 0 Å². The Morgan fingerprint density at radius 2 is 1.52 bits per heavy atom. The number of carbonyl (C=O) groups is 3. The topological polar surface area (TPSA) is 126 Å². The van der Waals surface area contributed by atoms with E-state index in [2.05, 4.69) is 30.9 Å². The summed E-state index contributed by atoms with van der Waals surface area (Å²) in [6, 6.07) is 27.1. The molecule has 12 heteroatoms. The molecule has 3 aromatic carbocycles. The Morgan fingerprint density at radius 1 is 0.760 bits per heavy atom. The van der Waals surface area contributed by atoms with Crippen LogP contribution in [-0.2, 0) is 17.4 Å². The van der Waals surface area contributed by atoms with Gasteiger partial charge in [-0.05, 0) is 95.9 Å². The summed E-state index contributed by atoms with van der Waals surface area (Å²) < 4.78 is 39.2. The summed E-state index contributed by atoms with van der Waals surface area (Å²) in [7, 11) is 0. The van der Waals surface area contributed by atoms with E-state index >= 15 is 0 Å². The maximum Gasteiger partial charge on any atom is 0.416 e. The number of pyridine rings is 3. The lowest BCUT2D eigenvalue weighted by molar-refractivity contribution is -0.137.